The van der Waals surface area contributed by atoms with Crippen LogP contribution in [0.1, 0.15) is 23.6 Å². The molecule has 0 atom stereocenters. The number of aromatic nitrogens is 2. The summed E-state index contributed by atoms with van der Waals surface area (Å²) in [4.78, 5) is 19.6. The van der Waals surface area contributed by atoms with E-state index >= 15 is 0 Å². The maximum absolute atomic E-state index is 13.7. The highest BCUT2D eigenvalue weighted by molar-refractivity contribution is 7.92. The molecule has 0 fully saturated rings. The smallest absolute Gasteiger partial charge is 0.365 e. The van der Waals surface area contributed by atoms with E-state index < -0.39 is 27.6 Å². The van der Waals surface area contributed by atoms with Gasteiger partial charge in [-0.25, -0.2) is 13.4 Å². The summed E-state index contributed by atoms with van der Waals surface area (Å²) in [5.74, 6) is -0.913. The number of rotatable bonds is 8. The number of benzene rings is 2. The molecule has 0 bridgehead atoms. The number of carbonyl (C=O) groups excluding carboxylic acids is 1. The highest BCUT2D eigenvalue weighted by Gasteiger charge is 2.35. The number of sulfonamides is 1. The van der Waals surface area contributed by atoms with Gasteiger partial charge in [0.25, 0.3) is 0 Å². The van der Waals surface area contributed by atoms with Crippen LogP contribution in [0.15, 0.2) is 48.7 Å². The van der Waals surface area contributed by atoms with Crippen LogP contribution in [0.2, 0.25) is 0 Å². The Morgan fingerprint density at radius 3 is 2.61 bits per heavy atom. The first-order valence-electron chi connectivity index (χ1n) is 10.9. The van der Waals surface area contributed by atoms with Crippen molar-refractivity contribution in [2.24, 2.45) is 0 Å². The normalized spacial score (nSPS) is 13.2. The molecule has 0 saturated carbocycles. The van der Waals surface area contributed by atoms with Gasteiger partial charge in [0, 0.05) is 19.8 Å². The second-order valence-electron chi connectivity index (χ2n) is 7.99. The summed E-state index contributed by atoms with van der Waals surface area (Å²) in [5, 5.41) is 8.26. The van der Waals surface area contributed by atoms with Crippen molar-refractivity contribution >= 4 is 44.8 Å². The molecule has 4 rings (SSSR count). The molecule has 0 aliphatic carbocycles. The molecule has 9 nitrogen and oxygen atoms in total. The number of nitrogens with zero attached hydrogens (tertiary/aromatic N) is 3. The van der Waals surface area contributed by atoms with Crippen LogP contribution in [0.25, 0.3) is 0 Å². The van der Waals surface area contributed by atoms with Gasteiger partial charge in [0.15, 0.2) is 0 Å². The van der Waals surface area contributed by atoms with Crippen molar-refractivity contribution in [1.29, 1.82) is 0 Å². The fourth-order valence-electron chi connectivity index (χ4n) is 3.75. The highest BCUT2D eigenvalue weighted by atomic mass is 32.2. The SMILES string of the molecule is CCS(=O)(=O)N(C)c1ccccc1CNc1nc(Nc2cccc3c2NC(=O)C3)ncc1C(F)(F)F. The zero-order valence-electron chi connectivity index (χ0n) is 19.3. The van der Waals surface area contributed by atoms with Gasteiger partial charge in [0.05, 0.1) is 29.2 Å². The summed E-state index contributed by atoms with van der Waals surface area (Å²) in [5.41, 5.74) is 1.44. The zero-order chi connectivity index (χ0) is 26.1. The Bertz CT molecular complexity index is 1410. The molecule has 13 heteroatoms. The van der Waals surface area contributed by atoms with Crippen molar-refractivity contribution in [2.45, 2.75) is 26.1 Å². The molecule has 1 aromatic heterocycles. The summed E-state index contributed by atoms with van der Waals surface area (Å²) in [6, 6.07) is 11.6. The molecule has 2 heterocycles. The lowest BCUT2D eigenvalue weighted by atomic mass is 10.1. The Labute approximate surface area is 205 Å². The van der Waals surface area contributed by atoms with Gasteiger partial charge in [0.2, 0.25) is 21.9 Å². The van der Waals surface area contributed by atoms with Crippen LogP contribution in [0.4, 0.5) is 42.0 Å². The van der Waals surface area contributed by atoms with Crippen LogP contribution in [0.5, 0.6) is 0 Å². The predicted molar refractivity (Wildman–Crippen MR) is 131 cm³/mol. The van der Waals surface area contributed by atoms with Crippen LogP contribution >= 0.6 is 0 Å². The molecule has 36 heavy (non-hydrogen) atoms. The van der Waals surface area contributed by atoms with E-state index in [-0.39, 0.29) is 30.6 Å². The Morgan fingerprint density at radius 1 is 1.14 bits per heavy atom. The minimum atomic E-state index is -4.73. The van der Waals surface area contributed by atoms with E-state index in [1.165, 1.54) is 14.0 Å². The minimum Gasteiger partial charge on any atom is -0.365 e. The van der Waals surface area contributed by atoms with Gasteiger partial charge >= 0.3 is 6.18 Å². The van der Waals surface area contributed by atoms with E-state index in [2.05, 4.69) is 25.9 Å². The van der Waals surface area contributed by atoms with Crippen LogP contribution in [0.3, 0.4) is 0 Å². The average Bonchev–Trinajstić information content (AvgIpc) is 3.23. The lowest BCUT2D eigenvalue weighted by molar-refractivity contribution is -0.137. The number of nitrogens with one attached hydrogen (secondary N) is 3. The van der Waals surface area contributed by atoms with Crippen LogP contribution in [0, 0.1) is 0 Å². The summed E-state index contributed by atoms with van der Waals surface area (Å²) < 4.78 is 66.8. The molecule has 190 valence electrons. The maximum Gasteiger partial charge on any atom is 0.421 e. The number of fused-ring (bicyclic) bond motifs is 1. The van der Waals surface area contributed by atoms with Gasteiger partial charge in [-0.05, 0) is 30.2 Å². The molecule has 1 amide bonds. The van der Waals surface area contributed by atoms with Gasteiger partial charge in [-0.3, -0.25) is 9.10 Å². The second kappa shape index (κ2) is 9.64. The molecule has 1 aliphatic rings. The molecule has 0 spiro atoms. The van der Waals surface area contributed by atoms with E-state index in [1.807, 2.05) is 0 Å². The van der Waals surface area contributed by atoms with Crippen molar-refractivity contribution in [1.82, 2.24) is 9.97 Å². The molecule has 0 unspecified atom stereocenters. The number of carbonyl (C=O) groups is 1. The van der Waals surface area contributed by atoms with Gasteiger partial charge < -0.3 is 16.0 Å². The van der Waals surface area contributed by atoms with Crippen molar-refractivity contribution in [2.75, 3.05) is 33.1 Å². The van der Waals surface area contributed by atoms with E-state index in [0.717, 1.165) is 9.87 Å². The van der Waals surface area contributed by atoms with E-state index in [4.69, 9.17) is 0 Å². The predicted octanol–water partition coefficient (Wildman–Crippen LogP) is 4.13. The first-order valence-corrected chi connectivity index (χ1v) is 12.5. The molecule has 2 aromatic carbocycles. The molecule has 3 aromatic rings. The summed E-state index contributed by atoms with van der Waals surface area (Å²) in [7, 11) is -2.19. The van der Waals surface area contributed by atoms with Crippen molar-refractivity contribution < 1.29 is 26.4 Å². The third kappa shape index (κ3) is 5.20. The largest absolute Gasteiger partial charge is 0.421 e. The molecule has 0 radical (unpaired) electrons. The summed E-state index contributed by atoms with van der Waals surface area (Å²) >= 11 is 0. The van der Waals surface area contributed by atoms with Crippen LogP contribution < -0.4 is 20.3 Å². The fourth-order valence-corrected chi connectivity index (χ4v) is 4.62. The quantitative estimate of drug-likeness (QED) is 0.409. The van der Waals surface area contributed by atoms with Gasteiger partial charge in [-0.2, -0.15) is 18.2 Å². The lowest BCUT2D eigenvalue weighted by Crippen LogP contribution is -2.29. The van der Waals surface area contributed by atoms with Crippen molar-refractivity contribution in [3.63, 3.8) is 0 Å². The number of amides is 1. The number of hydrogen-bond donors (Lipinski definition) is 3. The van der Waals surface area contributed by atoms with Crippen LogP contribution in [-0.4, -0.2) is 37.1 Å². The molecular weight excluding hydrogens is 497 g/mol. The lowest BCUT2D eigenvalue weighted by Gasteiger charge is -2.22. The number of hydrogen-bond acceptors (Lipinski definition) is 7. The third-order valence-electron chi connectivity index (χ3n) is 5.67. The third-order valence-corrected chi connectivity index (χ3v) is 7.43. The number of alkyl halides is 3. The van der Waals surface area contributed by atoms with Gasteiger partial charge in [-0.1, -0.05) is 30.3 Å². The van der Waals surface area contributed by atoms with Gasteiger partial charge in [-0.15, -0.1) is 0 Å². The number of halogens is 3. The Balaban J connectivity index is 1.64. The molecule has 3 N–H and O–H groups in total. The maximum atomic E-state index is 13.7. The van der Waals surface area contributed by atoms with E-state index in [0.29, 0.717) is 28.8 Å². The number of para-hydroxylation sites is 2. The molecular formula is C23H23F3N6O3S. The second-order valence-corrected chi connectivity index (χ2v) is 10.3. The topological polar surface area (TPSA) is 116 Å². The first kappa shape index (κ1) is 25.2. The first-order chi connectivity index (χ1) is 17.0. The summed E-state index contributed by atoms with van der Waals surface area (Å²) in [6.45, 7) is 1.38. The summed E-state index contributed by atoms with van der Waals surface area (Å²) in [6.07, 6.45) is -3.86. The zero-order valence-corrected chi connectivity index (χ0v) is 20.2. The van der Waals surface area contributed by atoms with E-state index in [9.17, 15) is 26.4 Å². The standard InChI is InChI=1S/C23H23F3N6O3S/c1-3-36(34,35)32(2)18-10-5-4-7-15(18)12-27-21-16(23(24,25)26)13-28-22(31-21)29-17-9-6-8-14-11-19(33)30-20(14)17/h4-10,13H,3,11-12H2,1-2H3,(H,30,33)(H2,27,28,29,31). The van der Waals surface area contributed by atoms with Gasteiger partial charge in [0.1, 0.15) is 11.4 Å². The van der Waals surface area contributed by atoms with E-state index in [1.54, 1.807) is 42.5 Å². The van der Waals surface area contributed by atoms with Crippen molar-refractivity contribution in [3.8, 4) is 0 Å². The number of anilines is 5. The molecule has 0 saturated heterocycles. The fraction of sp³-hybridized carbons (Fsp3) is 0.261. The average molecular weight is 521 g/mol. The molecule has 1 aliphatic heterocycles. The van der Waals surface area contributed by atoms with Crippen LogP contribution in [-0.2, 0) is 34.0 Å². The monoisotopic (exact) mass is 520 g/mol. The van der Waals surface area contributed by atoms with Crippen molar-refractivity contribution in [3.05, 3.63) is 65.4 Å². The minimum absolute atomic E-state index is 0.112. The highest BCUT2D eigenvalue weighted by Crippen LogP contribution is 2.36. The Morgan fingerprint density at radius 2 is 1.89 bits per heavy atom. The Hall–Kier alpha value is -3.87. The Kier molecular flexibility index (Phi) is 6.76.